The highest BCUT2D eigenvalue weighted by atomic mass is 32.2. The second-order valence-corrected chi connectivity index (χ2v) is 2.35. The Labute approximate surface area is 58.8 Å². The Morgan fingerprint density at radius 1 is 1.56 bits per heavy atom. The summed E-state index contributed by atoms with van der Waals surface area (Å²) >= 11 is 1.40. The van der Waals surface area contributed by atoms with Crippen LogP contribution in [-0.4, -0.2) is 11.5 Å². The van der Waals surface area contributed by atoms with Crippen LogP contribution >= 0.6 is 11.8 Å². The molecule has 0 N–H and O–H groups in total. The van der Waals surface area contributed by atoms with E-state index in [-0.39, 0.29) is 0 Å². The van der Waals surface area contributed by atoms with Gasteiger partial charge >= 0.3 is 0 Å². The molecule has 0 spiro atoms. The van der Waals surface area contributed by atoms with E-state index in [1.54, 1.807) is 0 Å². The van der Waals surface area contributed by atoms with Gasteiger partial charge in [-0.2, -0.15) is 10.5 Å². The minimum Gasteiger partial charge on any atom is -0.197 e. The second-order valence-electron chi connectivity index (χ2n) is 1.37. The van der Waals surface area contributed by atoms with Crippen molar-refractivity contribution in [3.05, 3.63) is 12.2 Å². The molecule has 0 aromatic rings. The van der Waals surface area contributed by atoms with Crippen molar-refractivity contribution in [2.24, 2.45) is 0 Å². The zero-order valence-corrected chi connectivity index (χ0v) is 5.74. The molecule has 3 heteroatoms. The molecule has 0 unspecified atom stereocenters. The molecule has 0 atom stereocenters. The molecule has 0 aliphatic carbocycles. The summed E-state index contributed by atoms with van der Waals surface area (Å²) in [5.74, 6) is 1.00. The van der Waals surface area contributed by atoms with E-state index in [0.29, 0.717) is 17.1 Å². The van der Waals surface area contributed by atoms with Crippen molar-refractivity contribution < 1.29 is 0 Å². The van der Waals surface area contributed by atoms with Crippen LogP contribution in [0.15, 0.2) is 12.2 Å². The van der Waals surface area contributed by atoms with Crippen LogP contribution in [0.25, 0.3) is 0 Å². The second kappa shape index (κ2) is 5.21. The van der Waals surface area contributed by atoms with Crippen molar-refractivity contribution in [3.8, 4) is 12.1 Å². The van der Waals surface area contributed by atoms with E-state index in [2.05, 4.69) is 6.58 Å². The standard InChI is InChI=1S/C6H6N2S/c1-6(4-8)5-9-3-2-7/h1,3,5H2. The van der Waals surface area contributed by atoms with Crippen molar-refractivity contribution in [1.29, 1.82) is 10.5 Å². The van der Waals surface area contributed by atoms with Gasteiger partial charge in [0.25, 0.3) is 0 Å². The first-order valence-electron chi connectivity index (χ1n) is 2.34. The van der Waals surface area contributed by atoms with Crippen molar-refractivity contribution in [2.45, 2.75) is 0 Å². The number of rotatable bonds is 3. The third kappa shape index (κ3) is 4.93. The van der Waals surface area contributed by atoms with Crippen molar-refractivity contribution >= 4 is 11.8 Å². The molecule has 0 amide bonds. The van der Waals surface area contributed by atoms with Gasteiger partial charge in [0.15, 0.2) is 0 Å². The summed E-state index contributed by atoms with van der Waals surface area (Å²) in [5, 5.41) is 16.3. The lowest BCUT2D eigenvalue weighted by Crippen LogP contribution is -1.81. The van der Waals surface area contributed by atoms with Gasteiger partial charge in [0, 0.05) is 11.3 Å². The van der Waals surface area contributed by atoms with Gasteiger partial charge in [0.1, 0.15) is 0 Å². The summed E-state index contributed by atoms with van der Waals surface area (Å²) in [7, 11) is 0. The molecule has 0 bridgehead atoms. The van der Waals surface area contributed by atoms with Gasteiger partial charge in [-0.25, -0.2) is 0 Å². The Bertz CT molecular complexity index is 172. The molecule has 2 nitrogen and oxygen atoms in total. The molecular formula is C6H6N2S. The lowest BCUT2D eigenvalue weighted by atomic mass is 10.4. The van der Waals surface area contributed by atoms with Crippen LogP contribution in [0.1, 0.15) is 0 Å². The van der Waals surface area contributed by atoms with Crippen molar-refractivity contribution in [2.75, 3.05) is 11.5 Å². The summed E-state index contributed by atoms with van der Waals surface area (Å²) in [6, 6.07) is 3.86. The molecule has 46 valence electrons. The largest absolute Gasteiger partial charge is 0.197 e. The lowest BCUT2D eigenvalue weighted by molar-refractivity contribution is 1.46. The van der Waals surface area contributed by atoms with Gasteiger partial charge in [-0.1, -0.05) is 6.58 Å². The Morgan fingerprint density at radius 3 is 2.67 bits per heavy atom. The highest BCUT2D eigenvalue weighted by molar-refractivity contribution is 7.99. The summed E-state index contributed by atoms with van der Waals surface area (Å²) in [6.07, 6.45) is 0. The first kappa shape index (κ1) is 8.07. The van der Waals surface area contributed by atoms with E-state index in [4.69, 9.17) is 10.5 Å². The highest BCUT2D eigenvalue weighted by Crippen LogP contribution is 2.03. The maximum absolute atomic E-state index is 8.19. The third-order valence-electron chi connectivity index (χ3n) is 0.601. The SMILES string of the molecule is C=C(C#N)CSCC#N. The predicted octanol–water partition coefficient (Wildman–Crippen LogP) is 1.32. The Hall–Kier alpha value is -0.930. The Balaban J connectivity index is 3.23. The minimum absolute atomic E-state index is 0.431. The van der Waals surface area contributed by atoms with Gasteiger partial charge < -0.3 is 0 Å². The summed E-state index contributed by atoms with van der Waals surface area (Å²) in [4.78, 5) is 0. The van der Waals surface area contributed by atoms with Crippen LogP contribution in [0.4, 0.5) is 0 Å². The Morgan fingerprint density at radius 2 is 2.22 bits per heavy atom. The number of nitrogens with zero attached hydrogens (tertiary/aromatic N) is 2. The zero-order valence-electron chi connectivity index (χ0n) is 4.92. The third-order valence-corrected chi connectivity index (χ3v) is 1.49. The molecule has 0 aromatic heterocycles. The molecule has 0 heterocycles. The zero-order chi connectivity index (χ0) is 7.11. The molecule has 9 heavy (non-hydrogen) atoms. The molecule has 0 aliphatic rings. The molecule has 0 rings (SSSR count). The first-order valence-corrected chi connectivity index (χ1v) is 3.49. The molecule has 0 saturated carbocycles. The van der Waals surface area contributed by atoms with Gasteiger partial charge in [-0.15, -0.1) is 11.8 Å². The van der Waals surface area contributed by atoms with Crippen LogP contribution in [0.2, 0.25) is 0 Å². The monoisotopic (exact) mass is 138 g/mol. The fourth-order valence-electron chi connectivity index (χ4n) is 0.252. The van der Waals surface area contributed by atoms with E-state index < -0.39 is 0 Å². The number of hydrogen-bond acceptors (Lipinski definition) is 3. The molecule has 0 aliphatic heterocycles. The van der Waals surface area contributed by atoms with Crippen LogP contribution in [-0.2, 0) is 0 Å². The number of thioether (sulfide) groups is 1. The topological polar surface area (TPSA) is 47.6 Å². The average molecular weight is 138 g/mol. The summed E-state index contributed by atoms with van der Waals surface area (Å²) < 4.78 is 0. The van der Waals surface area contributed by atoms with E-state index in [1.165, 1.54) is 11.8 Å². The number of nitriles is 2. The maximum atomic E-state index is 8.19. The quantitative estimate of drug-likeness (QED) is 0.436. The van der Waals surface area contributed by atoms with E-state index in [1.807, 2.05) is 12.1 Å². The van der Waals surface area contributed by atoms with Crippen LogP contribution < -0.4 is 0 Å². The van der Waals surface area contributed by atoms with Crippen molar-refractivity contribution in [3.63, 3.8) is 0 Å². The molecular weight excluding hydrogens is 132 g/mol. The van der Waals surface area contributed by atoms with Crippen molar-refractivity contribution in [1.82, 2.24) is 0 Å². The highest BCUT2D eigenvalue weighted by Gasteiger charge is 1.89. The van der Waals surface area contributed by atoms with E-state index >= 15 is 0 Å². The lowest BCUT2D eigenvalue weighted by Gasteiger charge is -1.88. The fraction of sp³-hybridized carbons (Fsp3) is 0.333. The van der Waals surface area contributed by atoms with Crippen LogP contribution in [0.3, 0.4) is 0 Å². The maximum Gasteiger partial charge on any atom is 0.0949 e. The van der Waals surface area contributed by atoms with Crippen LogP contribution in [0.5, 0.6) is 0 Å². The van der Waals surface area contributed by atoms with E-state index in [9.17, 15) is 0 Å². The van der Waals surface area contributed by atoms with Gasteiger partial charge in [-0.3, -0.25) is 0 Å². The predicted molar refractivity (Wildman–Crippen MR) is 37.7 cm³/mol. The van der Waals surface area contributed by atoms with Gasteiger partial charge in [0.05, 0.1) is 17.9 Å². The minimum atomic E-state index is 0.431. The van der Waals surface area contributed by atoms with Crippen LogP contribution in [0, 0.1) is 22.7 Å². The van der Waals surface area contributed by atoms with E-state index in [0.717, 1.165) is 0 Å². The molecule has 0 saturated heterocycles. The van der Waals surface area contributed by atoms with Gasteiger partial charge in [-0.05, 0) is 0 Å². The normalized spacial score (nSPS) is 7.33. The summed E-state index contributed by atoms with van der Waals surface area (Å²) in [6.45, 7) is 3.45. The number of hydrogen-bond donors (Lipinski definition) is 0. The fourth-order valence-corrected chi connectivity index (χ4v) is 0.756. The molecule has 0 fully saturated rings. The molecule has 0 radical (unpaired) electrons. The molecule has 0 aromatic carbocycles. The summed E-state index contributed by atoms with van der Waals surface area (Å²) in [5.41, 5.74) is 0.523. The smallest absolute Gasteiger partial charge is 0.0949 e. The van der Waals surface area contributed by atoms with Gasteiger partial charge in [0.2, 0.25) is 0 Å². The average Bonchev–Trinajstić information content (AvgIpc) is 1.89. The first-order chi connectivity index (χ1) is 4.31. The Kier molecular flexibility index (Phi) is 4.67.